The first-order valence-electron chi connectivity index (χ1n) is 9.52. The van der Waals surface area contributed by atoms with Crippen LogP contribution in [0.5, 0.6) is 0 Å². The highest BCUT2D eigenvalue weighted by atomic mass is 16.4. The standard InChI is InChI=1S/C18H30N6O6/c1-9(2)4-12(23-14(26)7-21-17(28)15(19)10(3)25)16(27)24-13(18(29)30)5-11-6-20-8-22-11/h6,8-10,12-13,15,25H,4-5,7,19H2,1-3H3,(H,20,22)(H,21,28)(H,23,26)(H,24,27)(H,29,30). The molecule has 1 rings (SSSR count). The number of carbonyl (C=O) groups excluding carboxylic acids is 3. The molecule has 0 aliphatic carbocycles. The molecule has 1 aromatic heterocycles. The Kier molecular flexibility index (Phi) is 9.92. The fourth-order valence-electron chi connectivity index (χ4n) is 2.54. The van der Waals surface area contributed by atoms with Crippen molar-refractivity contribution in [2.45, 2.75) is 57.8 Å². The molecule has 4 unspecified atom stereocenters. The smallest absolute Gasteiger partial charge is 0.326 e. The summed E-state index contributed by atoms with van der Waals surface area (Å²) in [6.07, 6.45) is 2.02. The van der Waals surface area contributed by atoms with Crippen LogP contribution in [0.15, 0.2) is 12.5 Å². The molecule has 3 amide bonds. The van der Waals surface area contributed by atoms with E-state index in [0.29, 0.717) is 5.69 Å². The molecule has 1 heterocycles. The van der Waals surface area contributed by atoms with Crippen LogP contribution < -0.4 is 21.7 Å². The van der Waals surface area contributed by atoms with Gasteiger partial charge in [-0.1, -0.05) is 13.8 Å². The van der Waals surface area contributed by atoms with Crippen LogP contribution in [-0.4, -0.2) is 74.6 Å². The predicted octanol–water partition coefficient (Wildman–Crippen LogP) is -2.12. The summed E-state index contributed by atoms with van der Waals surface area (Å²) in [5.41, 5.74) is 6.01. The van der Waals surface area contributed by atoms with E-state index in [1.807, 2.05) is 13.8 Å². The number of aromatic amines is 1. The number of aliphatic carboxylic acids is 1. The van der Waals surface area contributed by atoms with Gasteiger partial charge in [-0.3, -0.25) is 14.4 Å². The molecule has 0 aromatic carbocycles. The molecule has 12 nitrogen and oxygen atoms in total. The van der Waals surface area contributed by atoms with Gasteiger partial charge in [-0.2, -0.15) is 0 Å². The number of aromatic nitrogens is 2. The summed E-state index contributed by atoms with van der Waals surface area (Å²) in [4.78, 5) is 54.6. The predicted molar refractivity (Wildman–Crippen MR) is 106 cm³/mol. The first-order chi connectivity index (χ1) is 14.0. The maximum atomic E-state index is 12.6. The SMILES string of the molecule is CC(C)CC(NC(=O)CNC(=O)C(N)C(C)O)C(=O)NC(Cc1cnc[nH]1)C(=O)O. The van der Waals surface area contributed by atoms with Gasteiger partial charge in [0.05, 0.1) is 19.0 Å². The van der Waals surface area contributed by atoms with Crippen molar-refractivity contribution in [1.29, 1.82) is 0 Å². The highest BCUT2D eigenvalue weighted by molar-refractivity contribution is 5.92. The Morgan fingerprint density at radius 1 is 1.13 bits per heavy atom. The zero-order chi connectivity index (χ0) is 22.8. The Bertz CT molecular complexity index is 721. The maximum absolute atomic E-state index is 12.6. The number of imidazole rings is 1. The molecule has 12 heteroatoms. The first kappa shape index (κ1) is 25.0. The fraction of sp³-hybridized carbons (Fsp3) is 0.611. The van der Waals surface area contributed by atoms with Crippen molar-refractivity contribution in [2.24, 2.45) is 11.7 Å². The van der Waals surface area contributed by atoms with Gasteiger partial charge in [0.1, 0.15) is 18.1 Å². The molecule has 0 radical (unpaired) electrons. The topological polar surface area (TPSA) is 200 Å². The average molecular weight is 426 g/mol. The van der Waals surface area contributed by atoms with Crippen LogP contribution in [0, 0.1) is 5.92 Å². The van der Waals surface area contributed by atoms with E-state index in [-0.39, 0.29) is 18.8 Å². The third kappa shape index (κ3) is 8.57. The fourth-order valence-corrected chi connectivity index (χ4v) is 2.54. The lowest BCUT2D eigenvalue weighted by atomic mass is 10.0. The molecule has 0 aliphatic rings. The number of nitrogens with one attached hydrogen (secondary N) is 4. The molecule has 0 saturated carbocycles. The number of carboxylic acid groups (broad SMARTS) is 1. The number of aliphatic hydroxyl groups is 1. The maximum Gasteiger partial charge on any atom is 0.326 e. The van der Waals surface area contributed by atoms with Crippen molar-refractivity contribution in [3.63, 3.8) is 0 Å². The normalized spacial score (nSPS) is 15.0. The number of nitrogens with zero attached hydrogens (tertiary/aromatic N) is 1. The second-order valence-corrected chi connectivity index (χ2v) is 7.41. The van der Waals surface area contributed by atoms with E-state index in [1.54, 1.807) is 0 Å². The van der Waals surface area contributed by atoms with Gasteiger partial charge in [0.2, 0.25) is 17.7 Å². The second kappa shape index (κ2) is 11.9. The van der Waals surface area contributed by atoms with Crippen LogP contribution in [0.25, 0.3) is 0 Å². The van der Waals surface area contributed by atoms with Gasteiger partial charge in [-0.25, -0.2) is 9.78 Å². The quantitative estimate of drug-likeness (QED) is 0.196. The number of amides is 3. The number of nitrogens with two attached hydrogens (primary N) is 1. The van der Waals surface area contributed by atoms with Gasteiger partial charge in [-0.05, 0) is 19.3 Å². The third-order valence-electron chi connectivity index (χ3n) is 4.20. The number of hydrogen-bond donors (Lipinski definition) is 7. The van der Waals surface area contributed by atoms with Crippen molar-refractivity contribution in [2.75, 3.05) is 6.54 Å². The van der Waals surface area contributed by atoms with Gasteiger partial charge in [0, 0.05) is 18.3 Å². The molecule has 0 saturated heterocycles. The molecule has 4 atom stereocenters. The molecule has 168 valence electrons. The molecule has 0 bridgehead atoms. The molecular formula is C18H30N6O6. The number of carbonyl (C=O) groups is 4. The minimum Gasteiger partial charge on any atom is -0.480 e. The van der Waals surface area contributed by atoms with E-state index >= 15 is 0 Å². The summed E-state index contributed by atoms with van der Waals surface area (Å²) in [6.45, 7) is 4.58. The van der Waals surface area contributed by atoms with Crippen LogP contribution in [-0.2, 0) is 25.6 Å². The number of H-pyrrole nitrogens is 1. The zero-order valence-electron chi connectivity index (χ0n) is 17.2. The van der Waals surface area contributed by atoms with E-state index < -0.39 is 54.5 Å². The molecule has 0 aliphatic heterocycles. The minimum atomic E-state index is -1.23. The Morgan fingerprint density at radius 3 is 2.30 bits per heavy atom. The summed E-state index contributed by atoms with van der Waals surface area (Å²) in [6, 6.07) is -3.40. The molecule has 8 N–H and O–H groups in total. The van der Waals surface area contributed by atoms with Crippen molar-refractivity contribution in [3.8, 4) is 0 Å². The Hall–Kier alpha value is -2.99. The molecule has 30 heavy (non-hydrogen) atoms. The average Bonchev–Trinajstić information content (AvgIpc) is 3.16. The van der Waals surface area contributed by atoms with E-state index in [0.717, 1.165) is 0 Å². The number of aliphatic hydroxyl groups excluding tert-OH is 1. The van der Waals surface area contributed by atoms with Gasteiger partial charge >= 0.3 is 5.97 Å². The van der Waals surface area contributed by atoms with Gasteiger partial charge in [0.25, 0.3) is 0 Å². The number of carboxylic acids is 1. The van der Waals surface area contributed by atoms with Crippen molar-refractivity contribution >= 4 is 23.7 Å². The van der Waals surface area contributed by atoms with E-state index in [4.69, 9.17) is 5.73 Å². The Morgan fingerprint density at radius 2 is 1.80 bits per heavy atom. The van der Waals surface area contributed by atoms with Crippen molar-refractivity contribution < 1.29 is 29.4 Å². The lowest BCUT2D eigenvalue weighted by molar-refractivity contribution is -0.142. The monoisotopic (exact) mass is 426 g/mol. The Balaban J connectivity index is 2.72. The van der Waals surface area contributed by atoms with Crippen molar-refractivity contribution in [1.82, 2.24) is 25.9 Å². The minimum absolute atomic E-state index is 0.00327. The molecular weight excluding hydrogens is 396 g/mol. The lowest BCUT2D eigenvalue weighted by Crippen LogP contribution is -2.55. The van der Waals surface area contributed by atoms with E-state index in [2.05, 4.69) is 25.9 Å². The first-order valence-corrected chi connectivity index (χ1v) is 9.52. The van der Waals surface area contributed by atoms with Crippen LogP contribution in [0.4, 0.5) is 0 Å². The zero-order valence-corrected chi connectivity index (χ0v) is 17.2. The van der Waals surface area contributed by atoms with Crippen LogP contribution in [0.1, 0.15) is 32.9 Å². The third-order valence-corrected chi connectivity index (χ3v) is 4.20. The summed E-state index contributed by atoms with van der Waals surface area (Å²) >= 11 is 0. The largest absolute Gasteiger partial charge is 0.480 e. The molecule has 1 aromatic rings. The van der Waals surface area contributed by atoms with E-state index in [9.17, 15) is 29.4 Å². The highest BCUT2D eigenvalue weighted by Gasteiger charge is 2.28. The highest BCUT2D eigenvalue weighted by Crippen LogP contribution is 2.07. The lowest BCUT2D eigenvalue weighted by Gasteiger charge is -2.23. The van der Waals surface area contributed by atoms with Gasteiger partial charge < -0.3 is 36.9 Å². The van der Waals surface area contributed by atoms with Crippen LogP contribution in [0.2, 0.25) is 0 Å². The summed E-state index contributed by atoms with van der Waals surface area (Å²) < 4.78 is 0. The summed E-state index contributed by atoms with van der Waals surface area (Å²) in [5, 5.41) is 25.9. The summed E-state index contributed by atoms with van der Waals surface area (Å²) in [7, 11) is 0. The summed E-state index contributed by atoms with van der Waals surface area (Å²) in [5.74, 6) is -3.23. The second-order valence-electron chi connectivity index (χ2n) is 7.41. The molecule has 0 spiro atoms. The Labute approximate surface area is 174 Å². The van der Waals surface area contributed by atoms with Gasteiger partial charge in [-0.15, -0.1) is 0 Å². The molecule has 0 fully saturated rings. The number of rotatable bonds is 12. The van der Waals surface area contributed by atoms with Gasteiger partial charge in [0.15, 0.2) is 0 Å². The van der Waals surface area contributed by atoms with Crippen LogP contribution in [0.3, 0.4) is 0 Å². The number of hydrogen-bond acceptors (Lipinski definition) is 7. The van der Waals surface area contributed by atoms with E-state index in [1.165, 1.54) is 19.4 Å². The van der Waals surface area contributed by atoms with Crippen molar-refractivity contribution in [3.05, 3.63) is 18.2 Å². The van der Waals surface area contributed by atoms with Crippen LogP contribution >= 0.6 is 0 Å².